The lowest BCUT2D eigenvalue weighted by atomic mass is 9.83. The molecule has 1 aliphatic heterocycles. The molecule has 1 amide bonds. The molecule has 1 fully saturated rings. The van der Waals surface area contributed by atoms with Crippen LogP contribution >= 0.6 is 0 Å². The summed E-state index contributed by atoms with van der Waals surface area (Å²) in [4.78, 5) is 15.5. The zero-order chi connectivity index (χ0) is 30.7. The van der Waals surface area contributed by atoms with E-state index in [0.717, 1.165) is 63.1 Å². The number of hydrogen-bond acceptors (Lipinski definition) is 6. The molecule has 42 heavy (non-hydrogen) atoms. The summed E-state index contributed by atoms with van der Waals surface area (Å²) in [6.45, 7) is 14.2. The van der Waals surface area contributed by atoms with E-state index < -0.39 is 0 Å². The monoisotopic (exact) mass is 590 g/mol. The van der Waals surface area contributed by atoms with E-state index in [1.807, 2.05) is 6.07 Å². The Kier molecular flexibility index (Phi) is 18.2. The van der Waals surface area contributed by atoms with Gasteiger partial charge in [0, 0.05) is 32.6 Å². The lowest BCUT2D eigenvalue weighted by Gasteiger charge is -2.25. The van der Waals surface area contributed by atoms with E-state index in [1.165, 1.54) is 44.3 Å². The molecule has 7 nitrogen and oxygen atoms in total. The highest BCUT2D eigenvalue weighted by molar-refractivity contribution is 5.78. The van der Waals surface area contributed by atoms with Gasteiger partial charge in [0.25, 0.3) is 0 Å². The van der Waals surface area contributed by atoms with Crippen molar-refractivity contribution in [1.29, 1.82) is 0 Å². The first-order valence-electron chi connectivity index (χ1n) is 16.7. The van der Waals surface area contributed by atoms with Gasteiger partial charge < -0.3 is 29.5 Å². The van der Waals surface area contributed by atoms with E-state index in [2.05, 4.69) is 50.0 Å². The molecule has 0 saturated carbocycles. The molecule has 1 aromatic carbocycles. The molecule has 2 N–H and O–H groups in total. The van der Waals surface area contributed by atoms with Gasteiger partial charge in [0.2, 0.25) is 5.91 Å². The Morgan fingerprint density at radius 3 is 2.26 bits per heavy atom. The van der Waals surface area contributed by atoms with Gasteiger partial charge >= 0.3 is 0 Å². The van der Waals surface area contributed by atoms with Crippen molar-refractivity contribution < 1.29 is 24.1 Å². The van der Waals surface area contributed by atoms with Crippen molar-refractivity contribution in [3.63, 3.8) is 0 Å². The summed E-state index contributed by atoms with van der Waals surface area (Å²) in [6, 6.07) is 6.20. The van der Waals surface area contributed by atoms with Crippen LogP contribution in [0.2, 0.25) is 0 Å². The second-order valence-corrected chi connectivity index (χ2v) is 12.9. The Bertz CT molecular complexity index is 854. The molecule has 1 aliphatic rings. The number of carbonyl (C=O) groups is 1. The first-order valence-corrected chi connectivity index (χ1v) is 16.7. The zero-order valence-corrected chi connectivity index (χ0v) is 27.7. The number of carbonyl (C=O) groups excluding carboxylic acids is 1. The quantitative estimate of drug-likeness (QED) is 0.159. The zero-order valence-electron chi connectivity index (χ0n) is 27.7. The van der Waals surface area contributed by atoms with Crippen molar-refractivity contribution in [2.75, 3.05) is 53.6 Å². The van der Waals surface area contributed by atoms with Gasteiger partial charge in [-0.15, -0.1) is 0 Å². The maximum absolute atomic E-state index is 13.0. The van der Waals surface area contributed by atoms with Gasteiger partial charge in [0.15, 0.2) is 11.5 Å². The molecular formula is C35H62N2O5. The van der Waals surface area contributed by atoms with Crippen LogP contribution in [0.25, 0.3) is 0 Å². The van der Waals surface area contributed by atoms with Crippen molar-refractivity contribution in [3.8, 4) is 11.5 Å². The highest BCUT2D eigenvalue weighted by Gasteiger charge is 2.24. The molecule has 1 heterocycles. The van der Waals surface area contributed by atoms with Gasteiger partial charge in [0.1, 0.15) is 0 Å². The second kappa shape index (κ2) is 21.0. The maximum Gasteiger partial charge on any atom is 0.223 e. The van der Waals surface area contributed by atoms with E-state index in [0.29, 0.717) is 31.5 Å². The topological polar surface area (TPSA) is 80.3 Å². The number of aliphatic hydroxyl groups excluding tert-OH is 1. The molecule has 0 aromatic heterocycles. The van der Waals surface area contributed by atoms with Gasteiger partial charge in [-0.2, -0.15) is 0 Å². The molecule has 3 atom stereocenters. The lowest BCUT2D eigenvalue weighted by molar-refractivity contribution is -0.126. The molecule has 0 aliphatic carbocycles. The van der Waals surface area contributed by atoms with Gasteiger partial charge in [0.05, 0.1) is 19.8 Å². The van der Waals surface area contributed by atoms with Crippen LogP contribution in [0.4, 0.5) is 0 Å². The van der Waals surface area contributed by atoms with Crippen LogP contribution in [0.1, 0.15) is 97.5 Å². The predicted molar refractivity (Wildman–Crippen MR) is 172 cm³/mol. The van der Waals surface area contributed by atoms with Crippen molar-refractivity contribution in [3.05, 3.63) is 23.8 Å². The largest absolute Gasteiger partial charge is 0.493 e. The molecule has 2 unspecified atom stereocenters. The Labute approximate surface area is 257 Å². The highest BCUT2D eigenvalue weighted by atomic mass is 16.5. The number of nitrogens with one attached hydrogen (secondary N) is 1. The van der Waals surface area contributed by atoms with Crippen molar-refractivity contribution >= 4 is 5.91 Å². The van der Waals surface area contributed by atoms with Crippen LogP contribution in [0.3, 0.4) is 0 Å². The molecule has 0 spiro atoms. The minimum atomic E-state index is -0.390. The first-order chi connectivity index (χ1) is 20.2. The van der Waals surface area contributed by atoms with Crippen LogP contribution in [0, 0.1) is 23.7 Å². The molecular weight excluding hydrogens is 528 g/mol. The molecule has 2 rings (SSSR count). The summed E-state index contributed by atoms with van der Waals surface area (Å²) in [5.74, 6) is 2.81. The summed E-state index contributed by atoms with van der Waals surface area (Å²) in [5.41, 5.74) is 1.22. The number of aliphatic hydroxyl groups is 1. The SMILES string of the molecule is COCCCOc1cc(CC(CC[C@@H](O)CCC(C(=O)NCCCN2CCCCCC2)C(C)C)C(C)C)ccc1OC. The van der Waals surface area contributed by atoms with Gasteiger partial charge in [-0.1, -0.05) is 46.6 Å². The normalized spacial score (nSPS) is 16.7. The highest BCUT2D eigenvalue weighted by Crippen LogP contribution is 2.31. The van der Waals surface area contributed by atoms with Gasteiger partial charge in [-0.25, -0.2) is 0 Å². The number of methoxy groups -OCH3 is 2. The molecule has 7 heteroatoms. The third-order valence-electron chi connectivity index (χ3n) is 8.89. The van der Waals surface area contributed by atoms with Gasteiger partial charge in [-0.05, 0) is 106 Å². The fourth-order valence-corrected chi connectivity index (χ4v) is 6.02. The minimum absolute atomic E-state index is 0.0552. The van der Waals surface area contributed by atoms with E-state index in [1.54, 1.807) is 14.2 Å². The van der Waals surface area contributed by atoms with Crippen molar-refractivity contribution in [2.45, 2.75) is 104 Å². The number of nitrogens with zero attached hydrogens (tertiary/aromatic N) is 1. The summed E-state index contributed by atoms with van der Waals surface area (Å²) in [5, 5.41) is 14.1. The van der Waals surface area contributed by atoms with Crippen LogP contribution in [0.15, 0.2) is 18.2 Å². The lowest BCUT2D eigenvalue weighted by Crippen LogP contribution is -2.36. The average molecular weight is 591 g/mol. The fourth-order valence-electron chi connectivity index (χ4n) is 6.02. The third kappa shape index (κ3) is 14.1. The molecule has 1 aromatic rings. The molecule has 0 radical (unpaired) electrons. The van der Waals surface area contributed by atoms with E-state index in [4.69, 9.17) is 14.2 Å². The summed E-state index contributed by atoms with van der Waals surface area (Å²) < 4.78 is 16.6. The molecule has 1 saturated heterocycles. The second-order valence-electron chi connectivity index (χ2n) is 12.9. The fraction of sp³-hybridized carbons (Fsp3) is 0.800. The molecule has 0 bridgehead atoms. The van der Waals surface area contributed by atoms with Crippen molar-refractivity contribution in [2.24, 2.45) is 23.7 Å². The van der Waals surface area contributed by atoms with E-state index in [9.17, 15) is 9.90 Å². The number of likely N-dealkylation sites (tertiary alicyclic amines) is 1. The van der Waals surface area contributed by atoms with Gasteiger partial charge in [-0.3, -0.25) is 4.79 Å². The van der Waals surface area contributed by atoms with E-state index in [-0.39, 0.29) is 23.8 Å². The summed E-state index contributed by atoms with van der Waals surface area (Å²) >= 11 is 0. The summed E-state index contributed by atoms with van der Waals surface area (Å²) in [6.07, 6.45) is 10.8. The minimum Gasteiger partial charge on any atom is -0.493 e. The van der Waals surface area contributed by atoms with Crippen molar-refractivity contribution in [1.82, 2.24) is 10.2 Å². The number of ether oxygens (including phenoxy) is 3. The summed E-state index contributed by atoms with van der Waals surface area (Å²) in [7, 11) is 3.36. The Hall–Kier alpha value is -1.83. The van der Waals surface area contributed by atoms with Crippen LogP contribution in [-0.2, 0) is 16.0 Å². The van der Waals surface area contributed by atoms with Crippen LogP contribution in [-0.4, -0.2) is 75.6 Å². The molecule has 242 valence electrons. The van der Waals surface area contributed by atoms with E-state index >= 15 is 0 Å². The van der Waals surface area contributed by atoms with Crippen LogP contribution in [0.5, 0.6) is 11.5 Å². The number of hydrogen-bond donors (Lipinski definition) is 2. The standard InChI is InChI=1S/C35H62N2O5/c1-27(2)30(25-29-13-18-33(41-6)34(26-29)42-24-12-23-40-5)14-15-31(38)16-17-32(28(3)4)35(39)36-19-11-22-37-20-9-7-8-10-21-37/h13,18,26-28,30-32,38H,7-12,14-17,19-25H2,1-6H3,(H,36,39)/t30?,31-,32?/m1/s1. The number of benzene rings is 1. The number of amides is 1. The smallest absolute Gasteiger partial charge is 0.223 e. The third-order valence-corrected chi connectivity index (χ3v) is 8.89. The first kappa shape index (κ1) is 36.4. The maximum atomic E-state index is 13.0. The Morgan fingerprint density at radius 1 is 0.905 bits per heavy atom. The number of rotatable bonds is 21. The Balaban J connectivity index is 1.79. The average Bonchev–Trinajstić information content (AvgIpc) is 3.24. The van der Waals surface area contributed by atoms with Crippen LogP contribution < -0.4 is 14.8 Å². The Morgan fingerprint density at radius 2 is 1.62 bits per heavy atom. The predicted octanol–water partition coefficient (Wildman–Crippen LogP) is 6.50.